The number of nitrogens with zero attached hydrogens (tertiary/aromatic N) is 1. The van der Waals surface area contributed by atoms with E-state index in [9.17, 15) is 13.2 Å². The smallest absolute Gasteiger partial charge is 0.338 e. The summed E-state index contributed by atoms with van der Waals surface area (Å²) in [5, 5.41) is 3.64. The molecular formula is C25H28N2O5S. The van der Waals surface area contributed by atoms with Gasteiger partial charge >= 0.3 is 5.97 Å². The first-order chi connectivity index (χ1) is 16.0. The Morgan fingerprint density at radius 2 is 1.91 bits per heavy atom. The fourth-order valence-electron chi connectivity index (χ4n) is 5.05. The molecule has 8 heteroatoms. The number of nitrogens with one attached hydrogen (secondary N) is 1. The first kappa shape index (κ1) is 22.1. The number of anilines is 1. The van der Waals surface area contributed by atoms with E-state index in [1.807, 2.05) is 24.3 Å². The fraction of sp³-hybridized carbons (Fsp3) is 0.400. The minimum Gasteiger partial charge on any atom is -0.462 e. The molecule has 2 heterocycles. The number of hydrogen-bond donors (Lipinski definition) is 1. The van der Waals surface area contributed by atoms with Crippen molar-refractivity contribution in [1.82, 2.24) is 4.31 Å². The van der Waals surface area contributed by atoms with Crippen molar-refractivity contribution in [1.29, 1.82) is 0 Å². The number of fused-ring (bicyclic) bond motifs is 3. The van der Waals surface area contributed by atoms with Gasteiger partial charge in [0.05, 0.1) is 36.3 Å². The summed E-state index contributed by atoms with van der Waals surface area (Å²) in [5.74, 6) is 0.173. The highest BCUT2D eigenvalue weighted by atomic mass is 32.2. The summed E-state index contributed by atoms with van der Waals surface area (Å²) in [6.07, 6.45) is 5.32. The first-order valence-corrected chi connectivity index (χ1v) is 12.8. The maximum absolute atomic E-state index is 13.0. The second-order valence-corrected chi connectivity index (χ2v) is 10.5. The summed E-state index contributed by atoms with van der Waals surface area (Å²) in [5.41, 5.74) is 3.70. The molecule has 7 nitrogen and oxygen atoms in total. The van der Waals surface area contributed by atoms with Crippen LogP contribution >= 0.6 is 0 Å². The summed E-state index contributed by atoms with van der Waals surface area (Å²) < 4.78 is 37.9. The number of esters is 1. The Morgan fingerprint density at radius 1 is 1.15 bits per heavy atom. The number of benzene rings is 2. The van der Waals surface area contributed by atoms with Gasteiger partial charge in [0.15, 0.2) is 0 Å². The van der Waals surface area contributed by atoms with Crippen LogP contribution in [0.4, 0.5) is 5.69 Å². The van der Waals surface area contributed by atoms with Crippen LogP contribution in [0, 0.1) is 5.92 Å². The molecular weight excluding hydrogens is 440 g/mol. The van der Waals surface area contributed by atoms with Crippen molar-refractivity contribution < 1.29 is 22.7 Å². The van der Waals surface area contributed by atoms with Crippen molar-refractivity contribution in [2.45, 2.75) is 30.2 Å². The Balaban J connectivity index is 1.41. The van der Waals surface area contributed by atoms with Crippen molar-refractivity contribution in [2.75, 3.05) is 38.2 Å². The average molecular weight is 469 g/mol. The summed E-state index contributed by atoms with van der Waals surface area (Å²) in [6, 6.07) is 13.0. The van der Waals surface area contributed by atoms with E-state index in [4.69, 9.17) is 9.47 Å². The average Bonchev–Trinajstić information content (AvgIpc) is 3.34. The Labute approximate surface area is 194 Å². The Kier molecular flexibility index (Phi) is 5.99. The van der Waals surface area contributed by atoms with Crippen molar-refractivity contribution >= 4 is 21.7 Å². The van der Waals surface area contributed by atoms with Crippen LogP contribution in [0.25, 0.3) is 0 Å². The lowest BCUT2D eigenvalue weighted by Crippen LogP contribution is -2.40. The van der Waals surface area contributed by atoms with Gasteiger partial charge in [-0.25, -0.2) is 13.2 Å². The quantitative estimate of drug-likeness (QED) is 0.532. The van der Waals surface area contributed by atoms with E-state index in [0.29, 0.717) is 43.4 Å². The van der Waals surface area contributed by atoms with Crippen LogP contribution in [0.15, 0.2) is 59.5 Å². The molecule has 174 valence electrons. The number of carbonyl (C=O) groups is 1. The van der Waals surface area contributed by atoms with E-state index in [-0.39, 0.29) is 23.8 Å². The third kappa shape index (κ3) is 4.07. The molecule has 0 bridgehead atoms. The Hall–Kier alpha value is -2.68. The van der Waals surface area contributed by atoms with Gasteiger partial charge in [-0.1, -0.05) is 24.3 Å². The largest absolute Gasteiger partial charge is 0.462 e. The molecule has 5 rings (SSSR count). The maximum atomic E-state index is 13.0. The van der Waals surface area contributed by atoms with Gasteiger partial charge in [-0.15, -0.1) is 0 Å². The summed E-state index contributed by atoms with van der Waals surface area (Å²) in [6.45, 7) is 3.77. The van der Waals surface area contributed by atoms with E-state index in [1.54, 1.807) is 25.1 Å². The molecule has 3 atom stereocenters. The van der Waals surface area contributed by atoms with E-state index in [0.717, 1.165) is 23.2 Å². The zero-order valence-electron chi connectivity index (χ0n) is 18.6. The highest BCUT2D eigenvalue weighted by Crippen LogP contribution is 2.50. The van der Waals surface area contributed by atoms with Gasteiger partial charge < -0.3 is 14.8 Å². The lowest BCUT2D eigenvalue weighted by Gasteiger charge is -2.37. The lowest BCUT2D eigenvalue weighted by molar-refractivity contribution is 0.0526. The lowest BCUT2D eigenvalue weighted by atomic mass is 9.76. The van der Waals surface area contributed by atoms with Crippen molar-refractivity contribution in [3.8, 4) is 0 Å². The highest BCUT2D eigenvalue weighted by molar-refractivity contribution is 7.89. The predicted molar refractivity (Wildman–Crippen MR) is 125 cm³/mol. The topological polar surface area (TPSA) is 84.9 Å². The molecule has 0 unspecified atom stereocenters. The number of allylic oxidation sites excluding steroid dienone is 2. The van der Waals surface area contributed by atoms with Gasteiger partial charge in [0.1, 0.15) is 0 Å². The molecule has 2 aliphatic heterocycles. The van der Waals surface area contributed by atoms with E-state index in [1.165, 1.54) is 4.31 Å². The molecule has 0 spiro atoms. The summed E-state index contributed by atoms with van der Waals surface area (Å²) in [7, 11) is -3.52. The molecule has 0 aromatic heterocycles. The van der Waals surface area contributed by atoms with Gasteiger partial charge in [0, 0.05) is 24.7 Å². The standard InChI is InChI=1S/C25H28N2O5S/c1-2-32-25(28)18-8-11-23-22(16-18)20-4-3-5-21(20)24(26-23)17-6-9-19(10-7-17)33(29,30)27-12-14-31-15-13-27/h3-4,6-11,16,20-21,24,26H,2,5,12-15H2,1H3/t20-,21-,24-/m1/s1. The molecule has 1 fully saturated rings. The zero-order valence-corrected chi connectivity index (χ0v) is 19.4. The second kappa shape index (κ2) is 8.93. The van der Waals surface area contributed by atoms with Crippen LogP contribution < -0.4 is 5.32 Å². The Morgan fingerprint density at radius 3 is 2.64 bits per heavy atom. The number of rotatable bonds is 5. The van der Waals surface area contributed by atoms with Crippen molar-refractivity contribution in [3.63, 3.8) is 0 Å². The summed E-state index contributed by atoms with van der Waals surface area (Å²) >= 11 is 0. The minimum absolute atomic E-state index is 0.0473. The van der Waals surface area contributed by atoms with Crippen LogP contribution in [-0.2, 0) is 19.5 Å². The summed E-state index contributed by atoms with van der Waals surface area (Å²) in [4.78, 5) is 12.5. The number of morpholine rings is 1. The predicted octanol–water partition coefficient (Wildman–Crippen LogP) is 3.71. The van der Waals surface area contributed by atoms with Crippen LogP contribution in [0.2, 0.25) is 0 Å². The molecule has 0 radical (unpaired) electrons. The van der Waals surface area contributed by atoms with E-state index < -0.39 is 10.0 Å². The number of sulfonamides is 1. The molecule has 1 aliphatic carbocycles. The van der Waals surface area contributed by atoms with Gasteiger partial charge in [-0.3, -0.25) is 0 Å². The van der Waals surface area contributed by atoms with Gasteiger partial charge in [-0.05, 0) is 60.7 Å². The Bertz CT molecular complexity index is 1170. The monoisotopic (exact) mass is 468 g/mol. The molecule has 2 aromatic rings. The second-order valence-electron chi connectivity index (χ2n) is 8.58. The fourth-order valence-corrected chi connectivity index (χ4v) is 6.46. The number of ether oxygens (including phenoxy) is 2. The van der Waals surface area contributed by atoms with Gasteiger partial charge in [0.2, 0.25) is 10.0 Å². The number of hydrogen-bond acceptors (Lipinski definition) is 6. The van der Waals surface area contributed by atoms with Crippen molar-refractivity contribution in [2.24, 2.45) is 5.92 Å². The van der Waals surface area contributed by atoms with Crippen LogP contribution in [-0.4, -0.2) is 51.6 Å². The first-order valence-electron chi connectivity index (χ1n) is 11.4. The highest BCUT2D eigenvalue weighted by Gasteiger charge is 2.38. The van der Waals surface area contributed by atoms with Crippen LogP contribution in [0.5, 0.6) is 0 Å². The van der Waals surface area contributed by atoms with Gasteiger partial charge in [0.25, 0.3) is 0 Å². The SMILES string of the molecule is CCOC(=O)c1ccc2c(c1)[C@@H]1C=CC[C@H]1[C@@H](c1ccc(S(=O)(=O)N3CCOCC3)cc1)N2. The molecule has 3 aliphatic rings. The van der Waals surface area contributed by atoms with E-state index >= 15 is 0 Å². The third-order valence-corrected chi connectivity index (χ3v) is 8.63. The van der Waals surface area contributed by atoms with Gasteiger partial charge in [-0.2, -0.15) is 4.31 Å². The zero-order chi connectivity index (χ0) is 23.0. The molecule has 0 amide bonds. The molecule has 1 saturated heterocycles. The maximum Gasteiger partial charge on any atom is 0.338 e. The molecule has 2 aromatic carbocycles. The normalized spacial score (nSPS) is 24.6. The minimum atomic E-state index is -3.52. The van der Waals surface area contributed by atoms with Crippen LogP contribution in [0.1, 0.15) is 46.8 Å². The third-order valence-electron chi connectivity index (χ3n) is 6.72. The molecule has 33 heavy (non-hydrogen) atoms. The molecule has 0 saturated carbocycles. The van der Waals surface area contributed by atoms with E-state index in [2.05, 4.69) is 17.5 Å². The number of carbonyl (C=O) groups excluding carboxylic acids is 1. The van der Waals surface area contributed by atoms with Crippen LogP contribution in [0.3, 0.4) is 0 Å². The molecule has 1 N–H and O–H groups in total. The van der Waals surface area contributed by atoms with Crippen molar-refractivity contribution in [3.05, 3.63) is 71.3 Å².